The molecule has 3 amide bonds. The lowest BCUT2D eigenvalue weighted by Gasteiger charge is -2.42. The fraction of sp³-hybridized carbons (Fsp3) is 0.690. The molecule has 4 atom stereocenters. The number of hydrogen-bond acceptors (Lipinski definition) is 4. The normalized spacial score (nSPS) is 15.5. The van der Waals surface area contributed by atoms with Crippen molar-refractivity contribution in [2.45, 2.75) is 111 Å². The van der Waals surface area contributed by atoms with Crippen molar-refractivity contribution in [1.29, 1.82) is 0 Å². The molecule has 38 heavy (non-hydrogen) atoms. The SMILES string of the molecule is BC(=O)N[C@@H](CC(C)C)[C@H](C[C@@H](C)C(=O)N[C@H](C(=O)NCc1ccccc1)C(C)C)O[Si](C)(C)C(C)(C)C. The predicted molar refractivity (Wildman–Crippen MR) is 161 cm³/mol. The third kappa shape index (κ3) is 11.3. The average Bonchev–Trinajstić information content (AvgIpc) is 2.78. The van der Waals surface area contributed by atoms with E-state index in [-0.39, 0.29) is 40.7 Å². The van der Waals surface area contributed by atoms with Crippen molar-refractivity contribution in [3.05, 3.63) is 35.9 Å². The summed E-state index contributed by atoms with van der Waals surface area (Å²) in [6.07, 6.45) is 0.892. The van der Waals surface area contributed by atoms with E-state index in [9.17, 15) is 14.4 Å². The zero-order valence-electron chi connectivity index (χ0n) is 25.6. The van der Waals surface area contributed by atoms with Gasteiger partial charge in [-0.2, -0.15) is 0 Å². The molecule has 0 radical (unpaired) electrons. The molecular formula is C29H52BN3O4Si. The van der Waals surface area contributed by atoms with E-state index in [2.05, 4.69) is 63.7 Å². The lowest BCUT2D eigenvalue weighted by atomic mass is 9.91. The second-order valence-corrected chi connectivity index (χ2v) is 17.7. The maximum atomic E-state index is 13.4. The minimum atomic E-state index is -2.19. The van der Waals surface area contributed by atoms with Crippen LogP contribution < -0.4 is 16.0 Å². The van der Waals surface area contributed by atoms with Crippen LogP contribution in [0.2, 0.25) is 18.1 Å². The van der Waals surface area contributed by atoms with Crippen LogP contribution in [-0.4, -0.2) is 52.0 Å². The molecule has 0 saturated heterocycles. The topological polar surface area (TPSA) is 96.5 Å². The Labute approximate surface area is 233 Å². The van der Waals surface area contributed by atoms with Crippen molar-refractivity contribution in [2.75, 3.05) is 0 Å². The van der Waals surface area contributed by atoms with Gasteiger partial charge in [0.2, 0.25) is 19.7 Å². The second kappa shape index (κ2) is 14.9. The van der Waals surface area contributed by atoms with Crippen LogP contribution >= 0.6 is 0 Å². The summed E-state index contributed by atoms with van der Waals surface area (Å²) >= 11 is 0. The minimum Gasteiger partial charge on any atom is -0.412 e. The smallest absolute Gasteiger partial charge is 0.243 e. The van der Waals surface area contributed by atoms with Crippen LogP contribution in [0.25, 0.3) is 0 Å². The van der Waals surface area contributed by atoms with E-state index in [4.69, 9.17) is 4.43 Å². The van der Waals surface area contributed by atoms with E-state index in [0.717, 1.165) is 12.0 Å². The van der Waals surface area contributed by atoms with Gasteiger partial charge in [-0.1, -0.05) is 85.7 Å². The molecule has 3 N–H and O–H groups in total. The van der Waals surface area contributed by atoms with Crippen molar-refractivity contribution in [3.8, 4) is 0 Å². The van der Waals surface area contributed by atoms with E-state index in [0.29, 0.717) is 18.9 Å². The molecule has 0 bridgehead atoms. The predicted octanol–water partition coefficient (Wildman–Crippen LogP) is 4.62. The molecule has 214 valence electrons. The van der Waals surface area contributed by atoms with Gasteiger partial charge < -0.3 is 20.4 Å². The molecule has 0 saturated carbocycles. The molecule has 1 rings (SSSR count). The number of rotatable bonds is 14. The van der Waals surface area contributed by atoms with Gasteiger partial charge in [0.05, 0.1) is 12.1 Å². The van der Waals surface area contributed by atoms with Crippen molar-refractivity contribution in [1.82, 2.24) is 16.0 Å². The molecule has 0 aliphatic heterocycles. The molecule has 7 nitrogen and oxygen atoms in total. The Bertz CT molecular complexity index is 903. The molecular weight excluding hydrogens is 493 g/mol. The highest BCUT2D eigenvalue weighted by Crippen LogP contribution is 2.38. The summed E-state index contributed by atoms with van der Waals surface area (Å²) in [5.41, 5.74) is 1.00. The average molecular weight is 546 g/mol. The van der Waals surface area contributed by atoms with Crippen LogP contribution in [0.1, 0.15) is 73.8 Å². The monoisotopic (exact) mass is 545 g/mol. The first-order valence-corrected chi connectivity index (χ1v) is 16.9. The Morgan fingerprint density at radius 3 is 1.97 bits per heavy atom. The maximum absolute atomic E-state index is 13.4. The van der Waals surface area contributed by atoms with Crippen molar-refractivity contribution in [3.63, 3.8) is 0 Å². The van der Waals surface area contributed by atoms with Crippen LogP contribution in [0.4, 0.5) is 4.79 Å². The standard InChI is InChI=1S/C29H52BN3O4Si/c1-19(2)16-23(32-28(30)36)24(37-38(9,10)29(6,7)8)17-21(5)26(34)33-25(20(3)4)27(35)31-18-22-14-12-11-13-15-22/h11-15,19-21,23-25H,16-18,30H2,1-10H3,(H,31,35)(H,32,36)(H,33,34)/t21-,23+,24+,25+/m1/s1. The van der Waals surface area contributed by atoms with Crippen LogP contribution in [0.5, 0.6) is 0 Å². The summed E-state index contributed by atoms with van der Waals surface area (Å²) in [5.74, 6) is -0.625. The number of carbonyl (C=O) groups is 3. The van der Waals surface area contributed by atoms with Gasteiger partial charge >= 0.3 is 0 Å². The number of hydrogen-bond donors (Lipinski definition) is 3. The van der Waals surface area contributed by atoms with E-state index in [1.54, 1.807) is 0 Å². The number of benzene rings is 1. The quantitative estimate of drug-likeness (QED) is 0.297. The Kier molecular flexibility index (Phi) is 13.3. The van der Waals surface area contributed by atoms with Crippen LogP contribution in [-0.2, 0) is 20.6 Å². The highest BCUT2D eigenvalue weighted by Gasteiger charge is 2.42. The fourth-order valence-electron chi connectivity index (χ4n) is 4.10. The Morgan fingerprint density at radius 1 is 0.921 bits per heavy atom. The molecule has 1 aromatic carbocycles. The molecule has 0 heterocycles. The summed E-state index contributed by atoms with van der Waals surface area (Å²) in [7, 11) is -0.670. The van der Waals surface area contributed by atoms with Gasteiger partial charge in [0, 0.05) is 12.5 Å². The second-order valence-electron chi connectivity index (χ2n) is 12.9. The molecule has 0 aliphatic carbocycles. The van der Waals surface area contributed by atoms with Crippen molar-refractivity contribution >= 4 is 33.8 Å². The highest BCUT2D eigenvalue weighted by molar-refractivity contribution is 6.74. The molecule has 0 unspecified atom stereocenters. The van der Waals surface area contributed by atoms with Gasteiger partial charge in [0.15, 0.2) is 14.1 Å². The summed E-state index contributed by atoms with van der Waals surface area (Å²) in [4.78, 5) is 38.5. The van der Waals surface area contributed by atoms with Crippen LogP contribution in [0.3, 0.4) is 0 Å². The largest absolute Gasteiger partial charge is 0.412 e. The molecule has 0 aliphatic rings. The van der Waals surface area contributed by atoms with Gasteiger partial charge in [-0.3, -0.25) is 14.4 Å². The Morgan fingerprint density at radius 2 is 1.50 bits per heavy atom. The zero-order chi connectivity index (χ0) is 29.3. The van der Waals surface area contributed by atoms with E-state index in [1.165, 1.54) is 7.85 Å². The third-order valence-corrected chi connectivity index (χ3v) is 11.9. The minimum absolute atomic E-state index is 0.0189. The van der Waals surface area contributed by atoms with Gasteiger partial charge in [-0.05, 0) is 48.4 Å². The van der Waals surface area contributed by atoms with Crippen molar-refractivity contribution in [2.24, 2.45) is 17.8 Å². The van der Waals surface area contributed by atoms with Crippen LogP contribution in [0, 0.1) is 17.8 Å². The first kappa shape index (κ1) is 33.9. The molecule has 0 fully saturated rings. The van der Waals surface area contributed by atoms with Crippen molar-refractivity contribution < 1.29 is 18.8 Å². The van der Waals surface area contributed by atoms with Gasteiger partial charge in [-0.25, -0.2) is 0 Å². The van der Waals surface area contributed by atoms with E-state index >= 15 is 0 Å². The summed E-state index contributed by atoms with van der Waals surface area (Å²) < 4.78 is 6.84. The maximum Gasteiger partial charge on any atom is 0.243 e. The van der Waals surface area contributed by atoms with E-state index in [1.807, 2.05) is 51.1 Å². The molecule has 0 spiro atoms. The molecule has 1 aromatic rings. The van der Waals surface area contributed by atoms with Gasteiger partial charge in [0.25, 0.3) is 0 Å². The Hall–Kier alpha value is -2.13. The van der Waals surface area contributed by atoms with Gasteiger partial charge in [-0.15, -0.1) is 0 Å². The lowest BCUT2D eigenvalue weighted by Crippen LogP contribution is -2.54. The number of nitrogens with one attached hydrogen (secondary N) is 3. The number of amides is 3. The summed E-state index contributed by atoms with van der Waals surface area (Å²) in [6.45, 7) is 21.3. The number of carbonyl (C=O) groups excluding carboxylic acids is 3. The fourth-order valence-corrected chi connectivity index (χ4v) is 5.47. The Balaban J connectivity index is 3.06. The van der Waals surface area contributed by atoms with E-state index < -0.39 is 20.3 Å². The first-order chi connectivity index (χ1) is 17.4. The van der Waals surface area contributed by atoms with Crippen LogP contribution in [0.15, 0.2) is 30.3 Å². The summed E-state index contributed by atoms with van der Waals surface area (Å²) in [6, 6.07) is 8.86. The lowest BCUT2D eigenvalue weighted by molar-refractivity contribution is -0.132. The summed E-state index contributed by atoms with van der Waals surface area (Å²) in [5, 5.41) is 9.03. The zero-order valence-corrected chi connectivity index (χ0v) is 26.6. The molecule has 9 heteroatoms. The highest BCUT2D eigenvalue weighted by atomic mass is 28.4. The third-order valence-electron chi connectivity index (χ3n) is 7.40. The van der Waals surface area contributed by atoms with Gasteiger partial charge in [0.1, 0.15) is 6.04 Å². The first-order valence-electron chi connectivity index (χ1n) is 14.0. The molecule has 0 aromatic heterocycles.